The first-order valence-corrected chi connectivity index (χ1v) is 7.32. The number of carbonyl (C=O) groups excluding carboxylic acids is 1. The third kappa shape index (κ3) is 4.38. The highest BCUT2D eigenvalue weighted by Crippen LogP contribution is 2.30. The number of rotatable bonds is 4. The van der Waals surface area contributed by atoms with Gasteiger partial charge in [0, 0.05) is 12.7 Å². The van der Waals surface area contributed by atoms with E-state index < -0.39 is 28.6 Å². The first kappa shape index (κ1) is 17.1. The summed E-state index contributed by atoms with van der Waals surface area (Å²) in [6.07, 6.45) is -4.42. The summed E-state index contributed by atoms with van der Waals surface area (Å²) in [5.41, 5.74) is -1.05. The molecule has 1 amide bonds. The minimum atomic E-state index is -4.42. The number of halogens is 3. The molecular weight excluding hydrogens is 333 g/mol. The van der Waals surface area contributed by atoms with Crippen LogP contribution in [0.5, 0.6) is 0 Å². The van der Waals surface area contributed by atoms with Gasteiger partial charge in [-0.25, -0.2) is 9.89 Å². The summed E-state index contributed by atoms with van der Waals surface area (Å²) in [6.45, 7) is 1.60. The molecule has 0 aliphatic rings. The number of H-pyrrole nitrogens is 1. The van der Waals surface area contributed by atoms with Crippen LogP contribution in [0.15, 0.2) is 34.2 Å². The zero-order valence-corrected chi connectivity index (χ0v) is 13.0. The van der Waals surface area contributed by atoms with Crippen LogP contribution in [0.2, 0.25) is 0 Å². The topological polar surface area (TPSA) is 79.8 Å². The number of alkyl halides is 3. The molecule has 0 radical (unpaired) electrons. The number of aryl methyl sites for hydroxylation is 1. The van der Waals surface area contributed by atoms with Crippen molar-refractivity contribution in [1.29, 1.82) is 0 Å². The molecule has 0 saturated carbocycles. The van der Waals surface area contributed by atoms with Crippen molar-refractivity contribution >= 4 is 23.4 Å². The van der Waals surface area contributed by atoms with Gasteiger partial charge < -0.3 is 5.32 Å². The molecule has 124 valence electrons. The van der Waals surface area contributed by atoms with Crippen molar-refractivity contribution in [3.05, 3.63) is 40.3 Å². The molecule has 0 bridgehead atoms. The zero-order chi connectivity index (χ0) is 17.2. The van der Waals surface area contributed by atoms with E-state index in [1.54, 1.807) is 14.0 Å². The van der Waals surface area contributed by atoms with Gasteiger partial charge in [0.2, 0.25) is 5.91 Å². The average molecular weight is 346 g/mol. The van der Waals surface area contributed by atoms with Crippen LogP contribution in [0.3, 0.4) is 0 Å². The van der Waals surface area contributed by atoms with E-state index in [1.807, 2.05) is 0 Å². The van der Waals surface area contributed by atoms with Gasteiger partial charge in [0.25, 0.3) is 0 Å². The van der Waals surface area contributed by atoms with Crippen LogP contribution in [0.25, 0.3) is 0 Å². The fourth-order valence-electron chi connectivity index (χ4n) is 1.68. The van der Waals surface area contributed by atoms with Gasteiger partial charge in [0.05, 0.1) is 10.8 Å². The smallest absolute Gasteiger partial charge is 0.325 e. The van der Waals surface area contributed by atoms with Gasteiger partial charge in [-0.05, 0) is 31.2 Å². The third-order valence-corrected chi connectivity index (χ3v) is 4.02. The number of anilines is 1. The molecule has 23 heavy (non-hydrogen) atoms. The van der Waals surface area contributed by atoms with E-state index in [-0.39, 0.29) is 5.69 Å². The Morgan fingerprint density at radius 2 is 1.96 bits per heavy atom. The number of nitrogens with one attached hydrogen (secondary N) is 2. The van der Waals surface area contributed by atoms with E-state index >= 15 is 0 Å². The number of aromatic nitrogens is 3. The first-order valence-electron chi connectivity index (χ1n) is 6.44. The van der Waals surface area contributed by atoms with Crippen molar-refractivity contribution in [3.8, 4) is 0 Å². The molecule has 6 nitrogen and oxygen atoms in total. The molecule has 2 aromatic rings. The lowest BCUT2D eigenvalue weighted by Gasteiger charge is -2.12. The molecule has 0 unspecified atom stereocenters. The number of benzene rings is 1. The molecule has 2 N–H and O–H groups in total. The van der Waals surface area contributed by atoms with E-state index in [4.69, 9.17) is 0 Å². The minimum Gasteiger partial charge on any atom is -0.325 e. The summed E-state index contributed by atoms with van der Waals surface area (Å²) in [6, 6.07) is 4.15. The van der Waals surface area contributed by atoms with E-state index in [0.717, 1.165) is 23.9 Å². The Morgan fingerprint density at radius 1 is 1.35 bits per heavy atom. The lowest BCUT2D eigenvalue weighted by atomic mass is 10.2. The Morgan fingerprint density at radius 3 is 2.43 bits per heavy atom. The summed E-state index contributed by atoms with van der Waals surface area (Å²) in [4.78, 5) is 26.8. The third-order valence-electron chi connectivity index (χ3n) is 2.88. The number of aromatic amines is 1. The second-order valence-electron chi connectivity index (χ2n) is 4.69. The molecule has 0 saturated heterocycles. The van der Waals surface area contributed by atoms with E-state index in [2.05, 4.69) is 15.4 Å². The van der Waals surface area contributed by atoms with Gasteiger partial charge in [0.1, 0.15) is 0 Å². The lowest BCUT2D eigenvalue weighted by molar-refractivity contribution is -0.137. The molecule has 10 heteroatoms. The molecule has 0 aliphatic carbocycles. The number of hydrogen-bond donors (Lipinski definition) is 2. The Labute approximate surface area is 133 Å². The molecule has 1 aromatic carbocycles. The van der Waals surface area contributed by atoms with Gasteiger partial charge in [-0.1, -0.05) is 11.8 Å². The van der Waals surface area contributed by atoms with E-state index in [9.17, 15) is 22.8 Å². The van der Waals surface area contributed by atoms with E-state index in [1.165, 1.54) is 16.8 Å². The molecule has 0 aliphatic heterocycles. The Kier molecular flexibility index (Phi) is 4.83. The maximum absolute atomic E-state index is 12.5. The summed E-state index contributed by atoms with van der Waals surface area (Å²) in [7, 11) is 1.58. The van der Waals surface area contributed by atoms with E-state index in [0.29, 0.717) is 5.16 Å². The Hall–Kier alpha value is -2.23. The quantitative estimate of drug-likeness (QED) is 0.832. The monoisotopic (exact) mass is 346 g/mol. The number of nitrogens with zero attached hydrogens (tertiary/aromatic N) is 2. The van der Waals surface area contributed by atoms with Crippen LogP contribution < -0.4 is 11.0 Å². The summed E-state index contributed by atoms with van der Waals surface area (Å²) < 4.78 is 38.8. The van der Waals surface area contributed by atoms with Crippen LogP contribution in [0.4, 0.5) is 18.9 Å². The van der Waals surface area contributed by atoms with Crippen molar-refractivity contribution < 1.29 is 18.0 Å². The van der Waals surface area contributed by atoms with Gasteiger partial charge in [-0.15, -0.1) is 0 Å². The fourth-order valence-corrected chi connectivity index (χ4v) is 2.50. The van der Waals surface area contributed by atoms with Crippen LogP contribution in [-0.2, 0) is 18.0 Å². The second-order valence-corrected chi connectivity index (χ2v) is 6.00. The van der Waals surface area contributed by atoms with Crippen LogP contribution in [-0.4, -0.2) is 25.9 Å². The number of carbonyl (C=O) groups is 1. The highest BCUT2D eigenvalue weighted by atomic mass is 32.2. The highest BCUT2D eigenvalue weighted by Gasteiger charge is 2.30. The van der Waals surface area contributed by atoms with Crippen molar-refractivity contribution in [3.63, 3.8) is 0 Å². The van der Waals surface area contributed by atoms with Crippen LogP contribution >= 0.6 is 11.8 Å². The van der Waals surface area contributed by atoms with Gasteiger partial charge in [0.15, 0.2) is 5.16 Å². The largest absolute Gasteiger partial charge is 0.416 e. The van der Waals surface area contributed by atoms with Gasteiger partial charge in [-0.3, -0.25) is 9.48 Å². The van der Waals surface area contributed by atoms with Crippen molar-refractivity contribution in [1.82, 2.24) is 14.8 Å². The molecule has 1 heterocycles. The highest BCUT2D eigenvalue weighted by molar-refractivity contribution is 8.00. The Balaban J connectivity index is 2.01. The molecule has 1 aromatic heterocycles. The number of hydrogen-bond acceptors (Lipinski definition) is 4. The summed E-state index contributed by atoms with van der Waals surface area (Å²) in [5, 5.41) is 4.67. The van der Waals surface area contributed by atoms with Crippen LogP contribution in [0, 0.1) is 0 Å². The van der Waals surface area contributed by atoms with Crippen LogP contribution in [0.1, 0.15) is 12.5 Å². The molecular formula is C13H13F3N4O2S. The zero-order valence-electron chi connectivity index (χ0n) is 12.1. The average Bonchev–Trinajstić information content (AvgIpc) is 2.76. The van der Waals surface area contributed by atoms with Gasteiger partial charge >= 0.3 is 11.9 Å². The van der Waals surface area contributed by atoms with Gasteiger partial charge in [-0.2, -0.15) is 18.2 Å². The fraction of sp³-hybridized carbons (Fsp3) is 0.308. The standard InChI is InChI=1S/C13H13F3N4O2S/c1-7(23-12-18-11(22)19-20(12)2)10(21)17-9-5-3-8(4-6-9)13(14,15)16/h3-7H,1-2H3,(H,17,21)(H,19,22)/t7-/m0/s1. The maximum atomic E-state index is 12.5. The summed E-state index contributed by atoms with van der Waals surface area (Å²) in [5.74, 6) is -0.412. The number of amides is 1. The second kappa shape index (κ2) is 6.49. The SMILES string of the molecule is C[C@H](Sc1nc(=O)[nH]n1C)C(=O)Nc1ccc(C(F)(F)F)cc1. The normalized spacial score (nSPS) is 12.9. The molecule has 2 rings (SSSR count). The molecule has 0 fully saturated rings. The van der Waals surface area contributed by atoms with Crippen molar-refractivity contribution in [2.75, 3.05) is 5.32 Å². The lowest BCUT2D eigenvalue weighted by Crippen LogP contribution is -2.23. The molecule has 1 atom stereocenters. The Bertz CT molecular complexity index is 752. The first-order chi connectivity index (χ1) is 10.7. The maximum Gasteiger partial charge on any atom is 0.416 e. The minimum absolute atomic E-state index is 0.256. The number of thioether (sulfide) groups is 1. The predicted octanol–water partition coefficient (Wildman–Crippen LogP) is 2.25. The molecule has 0 spiro atoms. The van der Waals surface area contributed by atoms with Crippen molar-refractivity contribution in [2.24, 2.45) is 7.05 Å². The van der Waals surface area contributed by atoms with Crippen molar-refractivity contribution in [2.45, 2.75) is 23.5 Å². The summed E-state index contributed by atoms with van der Waals surface area (Å²) >= 11 is 1.05. The predicted molar refractivity (Wildman–Crippen MR) is 79.2 cm³/mol.